The van der Waals surface area contributed by atoms with Gasteiger partial charge in [-0.3, -0.25) is 4.79 Å². The highest BCUT2D eigenvalue weighted by molar-refractivity contribution is 6.17. The van der Waals surface area contributed by atoms with Gasteiger partial charge in [-0.15, -0.1) is 11.6 Å². The molecular weight excluding hydrogens is 246 g/mol. The largest absolute Gasteiger partial charge is 0.355 e. The molecule has 0 heterocycles. The molecule has 3 heteroatoms. The van der Waals surface area contributed by atoms with Crippen LogP contribution in [-0.2, 0) is 4.79 Å². The second-order valence-corrected chi connectivity index (χ2v) is 7.49. The molecule has 0 aliphatic heterocycles. The molecule has 1 atom stereocenters. The van der Waals surface area contributed by atoms with Crippen LogP contribution in [0.15, 0.2) is 0 Å². The van der Waals surface area contributed by atoms with E-state index < -0.39 is 0 Å². The van der Waals surface area contributed by atoms with E-state index in [0.29, 0.717) is 5.88 Å². The van der Waals surface area contributed by atoms with Gasteiger partial charge in [-0.25, -0.2) is 0 Å². The Kier molecular flexibility index (Phi) is 5.51. The van der Waals surface area contributed by atoms with Crippen LogP contribution in [0.25, 0.3) is 0 Å². The zero-order chi connectivity index (χ0) is 13.8. The molecule has 1 saturated carbocycles. The van der Waals surface area contributed by atoms with Crippen LogP contribution >= 0.6 is 11.6 Å². The maximum atomic E-state index is 12.2. The van der Waals surface area contributed by atoms with Crippen LogP contribution in [0.2, 0.25) is 0 Å². The lowest BCUT2D eigenvalue weighted by Gasteiger charge is -2.29. The van der Waals surface area contributed by atoms with Gasteiger partial charge in [-0.05, 0) is 36.5 Å². The second kappa shape index (κ2) is 6.27. The Bertz CT molecular complexity index is 286. The predicted octanol–water partition coefficient (Wildman–Crippen LogP) is 3.97. The molecule has 18 heavy (non-hydrogen) atoms. The van der Waals surface area contributed by atoms with Gasteiger partial charge in [0, 0.05) is 18.3 Å². The Morgan fingerprint density at radius 2 is 2.11 bits per heavy atom. The molecule has 0 aromatic heterocycles. The first kappa shape index (κ1) is 15.8. The van der Waals surface area contributed by atoms with E-state index >= 15 is 0 Å². The SMILES string of the molecule is CC(C)(CCCCl)CNC(=O)C1CCCC1(C)C. The van der Waals surface area contributed by atoms with Crippen LogP contribution in [0.3, 0.4) is 0 Å². The van der Waals surface area contributed by atoms with Crippen molar-refractivity contribution >= 4 is 17.5 Å². The first-order valence-corrected chi connectivity index (χ1v) is 7.66. The number of carbonyl (C=O) groups is 1. The standard InChI is InChI=1S/C15H28ClNO/c1-14(2,8-6-10-16)11-17-13(18)12-7-5-9-15(12,3)4/h12H,5-11H2,1-4H3,(H,17,18). The maximum absolute atomic E-state index is 12.2. The van der Waals surface area contributed by atoms with Gasteiger partial charge >= 0.3 is 0 Å². The Morgan fingerprint density at radius 3 is 2.61 bits per heavy atom. The smallest absolute Gasteiger partial charge is 0.223 e. The number of nitrogens with one attached hydrogen (secondary N) is 1. The molecule has 1 rings (SSSR count). The molecule has 1 fully saturated rings. The van der Waals surface area contributed by atoms with Crippen molar-refractivity contribution in [2.45, 2.75) is 59.8 Å². The number of hydrogen-bond donors (Lipinski definition) is 1. The minimum atomic E-state index is 0.146. The fourth-order valence-electron chi connectivity index (χ4n) is 2.90. The van der Waals surface area contributed by atoms with Gasteiger partial charge in [0.1, 0.15) is 0 Å². The van der Waals surface area contributed by atoms with Crippen molar-refractivity contribution in [1.82, 2.24) is 5.32 Å². The van der Waals surface area contributed by atoms with E-state index in [0.717, 1.165) is 25.8 Å². The zero-order valence-corrected chi connectivity index (χ0v) is 13.1. The van der Waals surface area contributed by atoms with Crippen molar-refractivity contribution < 1.29 is 4.79 Å². The number of alkyl halides is 1. The Morgan fingerprint density at radius 1 is 1.44 bits per heavy atom. The van der Waals surface area contributed by atoms with Crippen LogP contribution in [0.5, 0.6) is 0 Å². The fraction of sp³-hybridized carbons (Fsp3) is 0.933. The summed E-state index contributed by atoms with van der Waals surface area (Å²) in [4.78, 5) is 12.2. The minimum absolute atomic E-state index is 0.146. The molecule has 0 aromatic rings. The van der Waals surface area contributed by atoms with Gasteiger partial charge in [0.05, 0.1) is 0 Å². The molecule has 0 spiro atoms. The van der Waals surface area contributed by atoms with Crippen molar-refractivity contribution in [2.75, 3.05) is 12.4 Å². The van der Waals surface area contributed by atoms with Crippen molar-refractivity contribution in [3.8, 4) is 0 Å². The summed E-state index contributed by atoms with van der Waals surface area (Å²) in [5, 5.41) is 3.15. The molecule has 0 bridgehead atoms. The summed E-state index contributed by atoms with van der Waals surface area (Å²) in [6, 6.07) is 0. The van der Waals surface area contributed by atoms with Crippen LogP contribution in [0.4, 0.5) is 0 Å². The third-order valence-electron chi connectivity index (χ3n) is 4.30. The quantitative estimate of drug-likeness (QED) is 0.729. The molecule has 1 N–H and O–H groups in total. The average Bonchev–Trinajstić information content (AvgIpc) is 2.63. The van der Waals surface area contributed by atoms with Crippen molar-refractivity contribution in [3.05, 3.63) is 0 Å². The van der Waals surface area contributed by atoms with Gasteiger partial charge in [0.15, 0.2) is 0 Å². The number of halogens is 1. The van der Waals surface area contributed by atoms with Gasteiger partial charge in [0.2, 0.25) is 5.91 Å². The van der Waals surface area contributed by atoms with Crippen LogP contribution in [0.1, 0.15) is 59.8 Å². The van der Waals surface area contributed by atoms with E-state index in [2.05, 4.69) is 33.0 Å². The Hall–Kier alpha value is -0.240. The lowest BCUT2D eigenvalue weighted by molar-refractivity contribution is -0.128. The fourth-order valence-corrected chi connectivity index (χ4v) is 3.03. The molecule has 0 radical (unpaired) electrons. The van der Waals surface area contributed by atoms with E-state index in [1.807, 2.05) is 0 Å². The number of carbonyl (C=O) groups excluding carboxylic acids is 1. The van der Waals surface area contributed by atoms with E-state index in [4.69, 9.17) is 11.6 Å². The first-order chi connectivity index (χ1) is 8.28. The van der Waals surface area contributed by atoms with Crippen molar-refractivity contribution in [1.29, 1.82) is 0 Å². The van der Waals surface area contributed by atoms with Gasteiger partial charge in [-0.1, -0.05) is 34.1 Å². The third kappa shape index (κ3) is 4.46. The van der Waals surface area contributed by atoms with E-state index in [1.165, 1.54) is 12.8 Å². The summed E-state index contributed by atoms with van der Waals surface area (Å²) in [5.41, 5.74) is 0.317. The molecule has 1 unspecified atom stereocenters. The number of amides is 1. The molecule has 106 valence electrons. The molecule has 0 aromatic carbocycles. The lowest BCUT2D eigenvalue weighted by atomic mass is 9.81. The van der Waals surface area contributed by atoms with Gasteiger partial charge < -0.3 is 5.32 Å². The Balaban J connectivity index is 2.41. The number of hydrogen-bond acceptors (Lipinski definition) is 1. The second-order valence-electron chi connectivity index (χ2n) is 7.11. The summed E-state index contributed by atoms with van der Waals surface area (Å²) in [6.07, 6.45) is 5.46. The van der Waals surface area contributed by atoms with Crippen molar-refractivity contribution in [2.24, 2.45) is 16.7 Å². The van der Waals surface area contributed by atoms with E-state index in [-0.39, 0.29) is 22.7 Å². The number of rotatable bonds is 6. The Labute approximate surface area is 117 Å². The van der Waals surface area contributed by atoms with Crippen LogP contribution in [0, 0.1) is 16.7 Å². The first-order valence-electron chi connectivity index (χ1n) is 7.12. The zero-order valence-electron chi connectivity index (χ0n) is 12.3. The molecule has 1 amide bonds. The summed E-state index contributed by atoms with van der Waals surface area (Å²) in [5.74, 6) is 1.14. The monoisotopic (exact) mass is 273 g/mol. The normalized spacial score (nSPS) is 23.1. The topological polar surface area (TPSA) is 29.1 Å². The summed E-state index contributed by atoms with van der Waals surface area (Å²) in [7, 11) is 0. The third-order valence-corrected chi connectivity index (χ3v) is 4.57. The van der Waals surface area contributed by atoms with Crippen molar-refractivity contribution in [3.63, 3.8) is 0 Å². The van der Waals surface area contributed by atoms with Crippen LogP contribution < -0.4 is 5.32 Å². The van der Waals surface area contributed by atoms with Gasteiger partial charge in [-0.2, -0.15) is 0 Å². The van der Waals surface area contributed by atoms with Gasteiger partial charge in [0.25, 0.3) is 0 Å². The maximum Gasteiger partial charge on any atom is 0.223 e. The predicted molar refractivity (Wildman–Crippen MR) is 77.9 cm³/mol. The molecule has 1 aliphatic rings. The summed E-state index contributed by atoms with van der Waals surface area (Å²) < 4.78 is 0. The molecule has 2 nitrogen and oxygen atoms in total. The van der Waals surface area contributed by atoms with E-state index in [1.54, 1.807) is 0 Å². The average molecular weight is 274 g/mol. The minimum Gasteiger partial charge on any atom is -0.355 e. The lowest BCUT2D eigenvalue weighted by Crippen LogP contribution is -2.40. The van der Waals surface area contributed by atoms with E-state index in [9.17, 15) is 4.79 Å². The molecule has 1 aliphatic carbocycles. The highest BCUT2D eigenvalue weighted by Gasteiger charge is 2.39. The highest BCUT2D eigenvalue weighted by Crippen LogP contribution is 2.42. The molecular formula is C15H28ClNO. The highest BCUT2D eigenvalue weighted by atomic mass is 35.5. The molecule has 0 saturated heterocycles. The summed E-state index contributed by atoms with van der Waals surface area (Å²) >= 11 is 5.72. The summed E-state index contributed by atoms with van der Waals surface area (Å²) in [6.45, 7) is 9.57. The van der Waals surface area contributed by atoms with Crippen LogP contribution in [-0.4, -0.2) is 18.3 Å².